The zero-order valence-electron chi connectivity index (χ0n) is 22.8. The Balaban J connectivity index is 1.51. The maximum atomic E-state index is 14.2. The molecular formula is C30H29F4N5O2. The number of halogens is 4. The fourth-order valence-corrected chi connectivity index (χ4v) is 4.31. The van der Waals surface area contributed by atoms with Gasteiger partial charge in [0.05, 0.1) is 5.56 Å². The minimum Gasteiger partial charge on any atom is -0.322 e. The van der Waals surface area contributed by atoms with Crippen molar-refractivity contribution < 1.29 is 27.2 Å². The third kappa shape index (κ3) is 7.90. The van der Waals surface area contributed by atoms with Crippen LogP contribution in [-0.4, -0.2) is 59.8 Å². The molecule has 2 aromatic carbocycles. The number of piperazine rings is 1. The van der Waals surface area contributed by atoms with E-state index in [1.54, 1.807) is 19.1 Å². The molecule has 0 atom stereocenters. The molecule has 214 valence electrons. The lowest BCUT2D eigenvalue weighted by molar-refractivity contribution is -0.138. The van der Waals surface area contributed by atoms with Crippen LogP contribution in [0.3, 0.4) is 0 Å². The first-order chi connectivity index (χ1) is 19.4. The Morgan fingerprint density at radius 1 is 1.00 bits per heavy atom. The van der Waals surface area contributed by atoms with Crippen molar-refractivity contribution in [3.8, 4) is 11.8 Å². The SMILES string of the molecule is CC(=O)Nc1ncc(C#Cc2cc(C(=O)Nc3ccc(CN4CCN(C)CC4)c(C(F)(F)F)c3)ccc2C)cc1F. The number of aryl methyl sites for hydroxylation is 1. The van der Waals surface area contributed by atoms with Gasteiger partial charge in [0, 0.05) is 68.2 Å². The van der Waals surface area contributed by atoms with Gasteiger partial charge in [0.2, 0.25) is 5.91 Å². The van der Waals surface area contributed by atoms with Crippen LogP contribution in [0.15, 0.2) is 48.7 Å². The van der Waals surface area contributed by atoms with Crippen LogP contribution in [0.25, 0.3) is 0 Å². The predicted molar refractivity (Wildman–Crippen MR) is 148 cm³/mol. The van der Waals surface area contributed by atoms with Crippen molar-refractivity contribution in [1.29, 1.82) is 0 Å². The molecule has 0 spiro atoms. The first-order valence-corrected chi connectivity index (χ1v) is 12.9. The van der Waals surface area contributed by atoms with Crippen molar-refractivity contribution in [2.24, 2.45) is 0 Å². The monoisotopic (exact) mass is 567 g/mol. The van der Waals surface area contributed by atoms with E-state index in [-0.39, 0.29) is 34.7 Å². The highest BCUT2D eigenvalue weighted by Gasteiger charge is 2.34. The number of carbonyl (C=O) groups excluding carboxylic acids is 2. The molecule has 0 bridgehead atoms. The Bertz CT molecular complexity index is 1520. The van der Waals surface area contributed by atoms with E-state index in [1.165, 1.54) is 31.3 Å². The van der Waals surface area contributed by atoms with Crippen LogP contribution in [0.4, 0.5) is 29.1 Å². The van der Waals surface area contributed by atoms with Gasteiger partial charge in [-0.2, -0.15) is 13.2 Å². The molecule has 2 heterocycles. The van der Waals surface area contributed by atoms with Crippen molar-refractivity contribution >= 4 is 23.3 Å². The van der Waals surface area contributed by atoms with Crippen LogP contribution in [0.1, 0.15) is 45.1 Å². The van der Waals surface area contributed by atoms with Gasteiger partial charge in [-0.3, -0.25) is 14.5 Å². The summed E-state index contributed by atoms with van der Waals surface area (Å²) in [5.74, 6) is 3.64. The Morgan fingerprint density at radius 2 is 1.73 bits per heavy atom. The van der Waals surface area contributed by atoms with Gasteiger partial charge < -0.3 is 15.5 Å². The normalized spacial score (nSPS) is 14.2. The molecule has 1 saturated heterocycles. The number of amides is 2. The third-order valence-corrected chi connectivity index (χ3v) is 6.64. The van der Waals surface area contributed by atoms with Gasteiger partial charge in [0.25, 0.3) is 5.91 Å². The number of hydrogen-bond donors (Lipinski definition) is 2. The van der Waals surface area contributed by atoms with E-state index in [0.29, 0.717) is 18.7 Å². The minimum absolute atomic E-state index is 0.0264. The topological polar surface area (TPSA) is 77.6 Å². The van der Waals surface area contributed by atoms with Crippen molar-refractivity contribution in [2.45, 2.75) is 26.6 Å². The van der Waals surface area contributed by atoms with E-state index in [4.69, 9.17) is 0 Å². The number of likely N-dealkylation sites (N-methyl/N-ethyl adjacent to an activating group) is 1. The van der Waals surface area contributed by atoms with Crippen LogP contribution < -0.4 is 10.6 Å². The summed E-state index contributed by atoms with van der Waals surface area (Å²) in [5.41, 5.74) is 1.06. The summed E-state index contributed by atoms with van der Waals surface area (Å²) in [4.78, 5) is 32.1. The molecule has 41 heavy (non-hydrogen) atoms. The smallest absolute Gasteiger partial charge is 0.322 e. The number of benzene rings is 2. The van der Waals surface area contributed by atoms with Crippen molar-refractivity contribution in [2.75, 3.05) is 43.9 Å². The number of anilines is 2. The van der Waals surface area contributed by atoms with E-state index in [2.05, 4.69) is 32.4 Å². The molecule has 1 aromatic heterocycles. The van der Waals surface area contributed by atoms with Crippen LogP contribution >= 0.6 is 0 Å². The standard InChI is InChI=1S/C30H29F4N5O2/c1-19-4-6-23(15-22(19)7-5-21-14-27(31)28(35-17-21)36-20(2)40)29(41)37-25-9-8-24(26(16-25)30(32,33)34)18-39-12-10-38(3)11-13-39/h4,6,8-9,14-17H,10-13,18H2,1-3H3,(H,37,41)(H,35,36,40). The number of aromatic nitrogens is 1. The number of alkyl halides is 3. The fraction of sp³-hybridized carbons (Fsp3) is 0.300. The fourth-order valence-electron chi connectivity index (χ4n) is 4.31. The molecule has 11 heteroatoms. The Morgan fingerprint density at radius 3 is 2.39 bits per heavy atom. The molecule has 0 radical (unpaired) electrons. The molecule has 4 rings (SSSR count). The van der Waals surface area contributed by atoms with E-state index >= 15 is 0 Å². The van der Waals surface area contributed by atoms with E-state index < -0.39 is 29.4 Å². The molecular weight excluding hydrogens is 538 g/mol. The van der Waals surface area contributed by atoms with Gasteiger partial charge in [0.15, 0.2) is 11.6 Å². The highest BCUT2D eigenvalue weighted by atomic mass is 19.4. The van der Waals surface area contributed by atoms with Crippen LogP contribution in [-0.2, 0) is 17.5 Å². The summed E-state index contributed by atoms with van der Waals surface area (Å²) in [7, 11) is 1.98. The van der Waals surface area contributed by atoms with E-state index in [9.17, 15) is 27.2 Å². The summed E-state index contributed by atoms with van der Waals surface area (Å²) in [5, 5.41) is 4.83. The highest BCUT2D eigenvalue weighted by Crippen LogP contribution is 2.34. The average Bonchev–Trinajstić information content (AvgIpc) is 2.91. The maximum Gasteiger partial charge on any atom is 0.416 e. The third-order valence-electron chi connectivity index (χ3n) is 6.64. The molecule has 0 aliphatic carbocycles. The number of nitrogens with one attached hydrogen (secondary N) is 2. The van der Waals surface area contributed by atoms with Gasteiger partial charge in [-0.25, -0.2) is 9.37 Å². The van der Waals surface area contributed by atoms with Gasteiger partial charge in [-0.05, 0) is 55.4 Å². The first kappa shape index (κ1) is 29.7. The summed E-state index contributed by atoms with van der Waals surface area (Å²) in [6.07, 6.45) is -3.27. The highest BCUT2D eigenvalue weighted by molar-refractivity contribution is 6.04. The van der Waals surface area contributed by atoms with Crippen LogP contribution in [0.5, 0.6) is 0 Å². The number of rotatable bonds is 5. The second-order valence-corrected chi connectivity index (χ2v) is 9.92. The maximum absolute atomic E-state index is 14.2. The summed E-state index contributed by atoms with van der Waals surface area (Å²) in [6, 6.07) is 9.70. The summed E-state index contributed by atoms with van der Waals surface area (Å²) < 4.78 is 56.0. The molecule has 0 saturated carbocycles. The molecule has 2 N–H and O–H groups in total. The van der Waals surface area contributed by atoms with Crippen molar-refractivity contribution in [1.82, 2.24) is 14.8 Å². The average molecular weight is 568 g/mol. The molecule has 2 amide bonds. The lowest BCUT2D eigenvalue weighted by Gasteiger charge is -2.33. The van der Waals surface area contributed by atoms with Crippen LogP contribution in [0, 0.1) is 24.6 Å². The molecule has 1 aliphatic heterocycles. The van der Waals surface area contributed by atoms with Crippen molar-refractivity contribution in [3.05, 3.63) is 87.9 Å². The quantitative estimate of drug-likeness (QED) is 0.339. The molecule has 0 unspecified atom stereocenters. The Kier molecular flexibility index (Phi) is 9.05. The number of carbonyl (C=O) groups is 2. The second-order valence-electron chi connectivity index (χ2n) is 9.92. The Labute approximate surface area is 235 Å². The lowest BCUT2D eigenvalue weighted by Crippen LogP contribution is -2.44. The second kappa shape index (κ2) is 12.5. The molecule has 7 nitrogen and oxygen atoms in total. The van der Waals surface area contributed by atoms with Crippen LogP contribution in [0.2, 0.25) is 0 Å². The zero-order valence-corrected chi connectivity index (χ0v) is 22.8. The van der Waals surface area contributed by atoms with Gasteiger partial charge in [0.1, 0.15) is 0 Å². The van der Waals surface area contributed by atoms with Crippen molar-refractivity contribution in [3.63, 3.8) is 0 Å². The van der Waals surface area contributed by atoms with Gasteiger partial charge >= 0.3 is 6.18 Å². The Hall–Kier alpha value is -4.27. The zero-order chi connectivity index (χ0) is 29.7. The number of hydrogen-bond acceptors (Lipinski definition) is 5. The largest absolute Gasteiger partial charge is 0.416 e. The van der Waals surface area contributed by atoms with E-state index in [0.717, 1.165) is 30.8 Å². The molecule has 1 fully saturated rings. The van der Waals surface area contributed by atoms with Gasteiger partial charge in [-0.1, -0.05) is 24.0 Å². The molecule has 3 aromatic rings. The number of pyridine rings is 1. The summed E-state index contributed by atoms with van der Waals surface area (Å²) >= 11 is 0. The summed E-state index contributed by atoms with van der Waals surface area (Å²) in [6.45, 7) is 6.12. The predicted octanol–water partition coefficient (Wildman–Crippen LogP) is 4.91. The van der Waals surface area contributed by atoms with Gasteiger partial charge in [-0.15, -0.1) is 0 Å². The number of nitrogens with zero attached hydrogens (tertiary/aromatic N) is 3. The minimum atomic E-state index is -4.58. The lowest BCUT2D eigenvalue weighted by atomic mass is 10.0. The first-order valence-electron chi connectivity index (χ1n) is 12.9. The molecule has 1 aliphatic rings. The van der Waals surface area contributed by atoms with E-state index in [1.807, 2.05) is 11.9 Å².